The Morgan fingerprint density at radius 3 is 2.50 bits per heavy atom. The predicted molar refractivity (Wildman–Crippen MR) is 119 cm³/mol. The van der Waals surface area contributed by atoms with Crippen LogP contribution in [0.4, 0.5) is 4.39 Å². The maximum atomic E-state index is 14.4. The van der Waals surface area contributed by atoms with Crippen LogP contribution in [0.25, 0.3) is 0 Å². The van der Waals surface area contributed by atoms with Gasteiger partial charge in [-0.05, 0) is 17.7 Å². The van der Waals surface area contributed by atoms with Crippen LogP contribution in [0.3, 0.4) is 0 Å². The van der Waals surface area contributed by atoms with Gasteiger partial charge < -0.3 is 14.9 Å². The predicted octanol–water partition coefficient (Wildman–Crippen LogP) is 0.545. The second-order valence-corrected chi connectivity index (χ2v) is 8.61. The number of aliphatic hydroxyl groups excluding tert-OH is 2. The standard InChI is InChI=1S/C19H18ClFIN5O5/c20-11-3-1-10(2-4-11)6-25-7-12(23-24-25)8-26-17(30)13(21)9-27(19(26)31)18-16(29)15(28)14(5-22)32-18/h1-4,7,9,14-16,18,28-29H,5-6,8H2. The summed E-state index contributed by atoms with van der Waals surface area (Å²) in [6, 6.07) is 7.12. The Balaban J connectivity index is 1.61. The van der Waals surface area contributed by atoms with Gasteiger partial charge in [0, 0.05) is 9.45 Å². The highest BCUT2D eigenvalue weighted by Crippen LogP contribution is 2.29. The van der Waals surface area contributed by atoms with E-state index in [1.807, 2.05) is 34.7 Å². The number of rotatable bonds is 6. The first-order chi connectivity index (χ1) is 15.3. The highest BCUT2D eigenvalue weighted by atomic mass is 127. The topological polar surface area (TPSA) is 124 Å². The van der Waals surface area contributed by atoms with Crippen molar-refractivity contribution in [2.75, 3.05) is 4.43 Å². The zero-order chi connectivity index (χ0) is 23.0. The summed E-state index contributed by atoms with van der Waals surface area (Å²) in [7, 11) is 0. The smallest absolute Gasteiger partial charge is 0.333 e. The van der Waals surface area contributed by atoms with E-state index in [1.165, 1.54) is 10.9 Å². The van der Waals surface area contributed by atoms with Crippen molar-refractivity contribution < 1.29 is 19.3 Å². The largest absolute Gasteiger partial charge is 0.387 e. The molecule has 1 saturated heterocycles. The van der Waals surface area contributed by atoms with Crippen molar-refractivity contribution in [3.63, 3.8) is 0 Å². The van der Waals surface area contributed by atoms with Gasteiger partial charge in [0.05, 0.1) is 31.6 Å². The van der Waals surface area contributed by atoms with E-state index in [2.05, 4.69) is 10.3 Å². The molecule has 0 saturated carbocycles. The third-order valence-corrected chi connectivity index (χ3v) is 6.20. The summed E-state index contributed by atoms with van der Waals surface area (Å²) >= 11 is 7.84. The minimum Gasteiger partial charge on any atom is -0.387 e. The molecule has 0 radical (unpaired) electrons. The third kappa shape index (κ3) is 4.50. The van der Waals surface area contributed by atoms with E-state index in [4.69, 9.17) is 16.3 Å². The zero-order valence-electron chi connectivity index (χ0n) is 16.4. The van der Waals surface area contributed by atoms with Crippen LogP contribution in [0.15, 0.2) is 46.2 Å². The molecule has 0 bridgehead atoms. The van der Waals surface area contributed by atoms with E-state index in [0.717, 1.165) is 10.1 Å². The summed E-state index contributed by atoms with van der Waals surface area (Å²) in [5.74, 6) is -1.21. The Labute approximate surface area is 199 Å². The summed E-state index contributed by atoms with van der Waals surface area (Å²) in [5.41, 5.74) is -0.883. The molecule has 13 heteroatoms. The fourth-order valence-electron chi connectivity index (χ4n) is 3.42. The molecule has 4 unspecified atom stereocenters. The number of alkyl halides is 1. The monoisotopic (exact) mass is 577 g/mol. The molecule has 1 aliphatic heterocycles. The van der Waals surface area contributed by atoms with Crippen molar-refractivity contribution in [3.05, 3.63) is 79.6 Å². The molecular weight excluding hydrogens is 560 g/mol. The lowest BCUT2D eigenvalue weighted by molar-refractivity contribution is -0.0348. The third-order valence-electron chi connectivity index (χ3n) is 5.08. The SMILES string of the molecule is O=c1c(F)cn(C2OC(CI)C(O)C2O)c(=O)n1Cc1cn(Cc2ccc(Cl)cc2)nn1. The van der Waals surface area contributed by atoms with Gasteiger partial charge >= 0.3 is 5.69 Å². The van der Waals surface area contributed by atoms with Crippen molar-refractivity contribution in [2.45, 2.75) is 37.6 Å². The molecule has 3 aromatic rings. The lowest BCUT2D eigenvalue weighted by Gasteiger charge is -2.18. The summed E-state index contributed by atoms with van der Waals surface area (Å²) in [5, 5.41) is 28.8. The van der Waals surface area contributed by atoms with Gasteiger partial charge in [0.1, 0.15) is 17.9 Å². The van der Waals surface area contributed by atoms with Gasteiger partial charge in [-0.15, -0.1) is 5.10 Å². The molecule has 10 nitrogen and oxygen atoms in total. The van der Waals surface area contributed by atoms with Crippen molar-refractivity contribution in [2.24, 2.45) is 0 Å². The Kier molecular flexibility index (Phi) is 6.76. The van der Waals surface area contributed by atoms with Gasteiger partial charge in [0.2, 0.25) is 5.82 Å². The molecule has 32 heavy (non-hydrogen) atoms. The first kappa shape index (κ1) is 23.0. The molecule has 2 N–H and O–H groups in total. The fraction of sp³-hybridized carbons (Fsp3) is 0.368. The molecule has 170 valence electrons. The van der Waals surface area contributed by atoms with Gasteiger partial charge in [-0.25, -0.2) is 9.48 Å². The van der Waals surface area contributed by atoms with Crippen LogP contribution < -0.4 is 11.2 Å². The quantitative estimate of drug-likeness (QED) is 0.324. The van der Waals surface area contributed by atoms with Crippen LogP contribution in [0.2, 0.25) is 5.02 Å². The maximum Gasteiger partial charge on any atom is 0.333 e. The lowest BCUT2D eigenvalue weighted by atomic mass is 10.1. The Bertz CT molecular complexity index is 1230. The van der Waals surface area contributed by atoms with E-state index in [0.29, 0.717) is 26.8 Å². The molecule has 2 aromatic heterocycles. The van der Waals surface area contributed by atoms with Gasteiger partial charge in [-0.2, -0.15) is 4.39 Å². The van der Waals surface area contributed by atoms with Crippen LogP contribution in [0, 0.1) is 5.82 Å². The summed E-state index contributed by atoms with van der Waals surface area (Å²) in [6.45, 7) is 0.0429. The lowest BCUT2D eigenvalue weighted by Crippen LogP contribution is -2.44. The van der Waals surface area contributed by atoms with Gasteiger partial charge in [0.15, 0.2) is 6.23 Å². The van der Waals surface area contributed by atoms with Crippen molar-refractivity contribution >= 4 is 34.2 Å². The Morgan fingerprint density at radius 1 is 1.12 bits per heavy atom. The first-order valence-electron chi connectivity index (χ1n) is 9.51. The molecule has 1 aromatic carbocycles. The van der Waals surface area contributed by atoms with Gasteiger partial charge in [-0.3, -0.25) is 13.9 Å². The van der Waals surface area contributed by atoms with Crippen LogP contribution >= 0.6 is 34.2 Å². The van der Waals surface area contributed by atoms with Crippen LogP contribution in [0.5, 0.6) is 0 Å². The average Bonchev–Trinajstić information content (AvgIpc) is 3.34. The van der Waals surface area contributed by atoms with E-state index >= 15 is 0 Å². The number of nitrogens with zero attached hydrogens (tertiary/aromatic N) is 5. The number of hydrogen-bond donors (Lipinski definition) is 2. The Hall–Kier alpha value is -2.13. The van der Waals surface area contributed by atoms with E-state index in [1.54, 1.807) is 12.1 Å². The zero-order valence-corrected chi connectivity index (χ0v) is 19.3. The maximum absolute atomic E-state index is 14.4. The molecular formula is C19H18ClFIN5O5. The molecule has 4 atom stereocenters. The van der Waals surface area contributed by atoms with E-state index < -0.39 is 41.6 Å². The van der Waals surface area contributed by atoms with Crippen LogP contribution in [0.1, 0.15) is 17.5 Å². The van der Waals surface area contributed by atoms with Gasteiger partial charge in [0.25, 0.3) is 5.56 Å². The number of hydrogen-bond acceptors (Lipinski definition) is 7. The molecule has 0 aliphatic carbocycles. The van der Waals surface area contributed by atoms with Crippen molar-refractivity contribution in [1.29, 1.82) is 0 Å². The molecule has 4 rings (SSSR count). The molecule has 0 amide bonds. The van der Waals surface area contributed by atoms with Crippen LogP contribution in [-0.2, 0) is 17.8 Å². The summed E-state index contributed by atoms with van der Waals surface area (Å²) in [6.07, 6.45) is -2.57. The number of aromatic nitrogens is 5. The molecule has 0 spiro atoms. The molecule has 3 heterocycles. The van der Waals surface area contributed by atoms with Gasteiger partial charge in [-0.1, -0.05) is 51.5 Å². The average molecular weight is 578 g/mol. The number of aliphatic hydroxyl groups is 2. The second-order valence-electron chi connectivity index (χ2n) is 7.29. The fourth-order valence-corrected chi connectivity index (χ4v) is 4.28. The molecule has 1 fully saturated rings. The number of benzene rings is 1. The van der Waals surface area contributed by atoms with E-state index in [-0.39, 0.29) is 12.2 Å². The minimum atomic E-state index is -1.46. The number of halogens is 3. The number of ether oxygens (including phenoxy) is 1. The second kappa shape index (κ2) is 9.39. The highest BCUT2D eigenvalue weighted by molar-refractivity contribution is 14.1. The summed E-state index contributed by atoms with van der Waals surface area (Å²) in [4.78, 5) is 25.2. The minimum absolute atomic E-state index is 0.258. The Morgan fingerprint density at radius 2 is 1.84 bits per heavy atom. The van der Waals surface area contributed by atoms with Crippen molar-refractivity contribution in [3.8, 4) is 0 Å². The summed E-state index contributed by atoms with van der Waals surface area (Å²) < 4.78 is 23.1. The van der Waals surface area contributed by atoms with Crippen LogP contribution in [-0.4, -0.2) is 57.1 Å². The van der Waals surface area contributed by atoms with Crippen molar-refractivity contribution in [1.82, 2.24) is 24.1 Å². The van der Waals surface area contributed by atoms with E-state index in [9.17, 15) is 24.2 Å². The molecule has 1 aliphatic rings. The first-order valence-corrected chi connectivity index (χ1v) is 11.4. The normalized spacial score (nSPS) is 23.0. The highest BCUT2D eigenvalue weighted by Gasteiger charge is 2.43.